The van der Waals surface area contributed by atoms with Crippen LogP contribution in [0.5, 0.6) is 0 Å². The van der Waals surface area contributed by atoms with E-state index in [4.69, 9.17) is 0 Å². The molecule has 0 N–H and O–H groups in total. The zero-order valence-electron chi connectivity index (χ0n) is 3.17. The van der Waals surface area contributed by atoms with Crippen molar-refractivity contribution in [3.63, 3.8) is 0 Å². The number of halogens is 4. The maximum atomic E-state index is 11.0. The average Bonchev–Trinajstić information content (AvgIpc) is 1.65. The van der Waals surface area contributed by atoms with Crippen LogP contribution in [-0.4, -0.2) is 6.43 Å². The second-order valence-electron chi connectivity index (χ2n) is 0.795. The fourth-order valence-electron chi connectivity index (χ4n) is 0.0476. The second kappa shape index (κ2) is 2.60. The van der Waals surface area contributed by atoms with Gasteiger partial charge >= 0.3 is 0 Å². The lowest BCUT2D eigenvalue weighted by Crippen LogP contribution is -1.87. The highest BCUT2D eigenvalue weighted by Crippen LogP contribution is 2.08. The van der Waals surface area contributed by atoms with Gasteiger partial charge in [0.2, 0.25) is 0 Å². The molecule has 0 bridgehead atoms. The lowest BCUT2D eigenvalue weighted by atomic mass is 10.6. The summed E-state index contributed by atoms with van der Waals surface area (Å²) in [6.45, 7) is 0. The van der Waals surface area contributed by atoms with Gasteiger partial charge in [-0.2, -0.15) is 0 Å². The predicted molar refractivity (Wildman–Crippen MR) is 16.3 cm³/mol. The minimum atomic E-state index is -3.31. The Morgan fingerprint density at radius 2 is 1.86 bits per heavy atom. The summed E-state index contributed by atoms with van der Waals surface area (Å²) in [6.07, 6.45) is -4.07. The van der Waals surface area contributed by atoms with Crippen molar-refractivity contribution in [1.29, 1.82) is 0 Å². The van der Waals surface area contributed by atoms with Crippen molar-refractivity contribution in [3.05, 3.63) is 12.2 Å². The Morgan fingerprint density at radius 3 is 1.86 bits per heavy atom. The van der Waals surface area contributed by atoms with Crippen LogP contribution in [0.25, 0.3) is 0 Å². The zero-order valence-corrected chi connectivity index (χ0v) is 3.17. The van der Waals surface area contributed by atoms with Crippen LogP contribution in [-0.2, 0) is 0 Å². The standard InChI is InChI=1S/C3H2F4/c4-1-2(5)3(6)7/h1,3H/b2-1-. The van der Waals surface area contributed by atoms with Crippen LogP contribution < -0.4 is 0 Å². The van der Waals surface area contributed by atoms with Gasteiger partial charge in [0.25, 0.3) is 6.43 Å². The van der Waals surface area contributed by atoms with Crippen LogP contribution in [0.4, 0.5) is 17.6 Å². The SMILES string of the molecule is F/C=C(\F)C(F)F. The Morgan fingerprint density at radius 1 is 1.43 bits per heavy atom. The summed E-state index contributed by atoms with van der Waals surface area (Å²) in [4.78, 5) is 0. The van der Waals surface area contributed by atoms with E-state index in [1.54, 1.807) is 0 Å². The van der Waals surface area contributed by atoms with Gasteiger partial charge < -0.3 is 0 Å². The monoisotopic (exact) mass is 114 g/mol. The third-order valence-electron chi connectivity index (χ3n) is 0.313. The Bertz CT molecular complexity index is 75.0. The highest BCUT2D eigenvalue weighted by Gasteiger charge is 2.08. The van der Waals surface area contributed by atoms with Crippen LogP contribution in [0.3, 0.4) is 0 Å². The number of hydrogen-bond donors (Lipinski definition) is 0. The molecule has 0 radical (unpaired) electrons. The van der Waals surface area contributed by atoms with Gasteiger partial charge in [-0.05, 0) is 0 Å². The lowest BCUT2D eigenvalue weighted by Gasteiger charge is -1.85. The van der Waals surface area contributed by atoms with Gasteiger partial charge in [-0.1, -0.05) is 0 Å². The van der Waals surface area contributed by atoms with Crippen LogP contribution in [0.1, 0.15) is 0 Å². The third kappa shape index (κ3) is 2.19. The first-order valence-corrected chi connectivity index (χ1v) is 1.42. The molecule has 0 aliphatic heterocycles. The molecule has 0 atom stereocenters. The van der Waals surface area contributed by atoms with Crippen molar-refractivity contribution < 1.29 is 17.6 Å². The van der Waals surface area contributed by atoms with E-state index in [-0.39, 0.29) is 0 Å². The van der Waals surface area contributed by atoms with Gasteiger partial charge in [0.05, 0.1) is 0 Å². The normalized spacial score (nSPS) is 13.0. The smallest absolute Gasteiger partial charge is 0.212 e. The molecular formula is C3H2F4. The van der Waals surface area contributed by atoms with E-state index in [0.29, 0.717) is 0 Å². The fourth-order valence-corrected chi connectivity index (χ4v) is 0.0476. The van der Waals surface area contributed by atoms with Crippen LogP contribution in [0.15, 0.2) is 12.2 Å². The van der Waals surface area contributed by atoms with Crippen molar-refractivity contribution in [2.75, 3.05) is 0 Å². The highest BCUT2D eigenvalue weighted by atomic mass is 19.3. The van der Waals surface area contributed by atoms with Gasteiger partial charge in [0.15, 0.2) is 5.83 Å². The van der Waals surface area contributed by atoms with Crippen LogP contribution in [0, 0.1) is 0 Å². The molecule has 0 saturated carbocycles. The molecule has 0 amide bonds. The van der Waals surface area contributed by atoms with E-state index in [2.05, 4.69) is 0 Å². The predicted octanol–water partition coefficient (Wildman–Crippen LogP) is 2.03. The minimum absolute atomic E-state index is 0.759. The Hall–Kier alpha value is -0.540. The van der Waals surface area contributed by atoms with Crippen molar-refractivity contribution in [1.82, 2.24) is 0 Å². The van der Waals surface area contributed by atoms with Gasteiger partial charge in [0, 0.05) is 0 Å². The summed E-state index contributed by atoms with van der Waals surface area (Å²) in [5.41, 5.74) is 0. The molecule has 0 spiro atoms. The molecule has 7 heavy (non-hydrogen) atoms. The Kier molecular flexibility index (Phi) is 2.40. The maximum absolute atomic E-state index is 11.0. The molecule has 0 aliphatic carbocycles. The van der Waals surface area contributed by atoms with Gasteiger partial charge in [-0.3, -0.25) is 0 Å². The highest BCUT2D eigenvalue weighted by molar-refractivity contribution is 4.87. The fraction of sp³-hybridized carbons (Fsp3) is 0.333. The van der Waals surface area contributed by atoms with Crippen molar-refractivity contribution in [2.45, 2.75) is 6.43 Å². The van der Waals surface area contributed by atoms with E-state index < -0.39 is 18.6 Å². The van der Waals surface area contributed by atoms with Gasteiger partial charge in [-0.15, -0.1) is 0 Å². The molecule has 0 fully saturated rings. The quantitative estimate of drug-likeness (QED) is 0.457. The summed E-state index contributed by atoms with van der Waals surface area (Å²) in [5.74, 6) is -2.03. The number of hydrogen-bond acceptors (Lipinski definition) is 0. The van der Waals surface area contributed by atoms with Crippen molar-refractivity contribution in [3.8, 4) is 0 Å². The number of allylic oxidation sites excluding steroid dienone is 1. The molecule has 42 valence electrons. The second-order valence-corrected chi connectivity index (χ2v) is 0.795. The maximum Gasteiger partial charge on any atom is 0.291 e. The third-order valence-corrected chi connectivity index (χ3v) is 0.313. The van der Waals surface area contributed by atoms with Gasteiger partial charge in [0.1, 0.15) is 6.33 Å². The molecule has 4 heteroatoms. The first-order chi connectivity index (χ1) is 3.18. The van der Waals surface area contributed by atoms with E-state index in [1.807, 2.05) is 0 Å². The molecule has 0 nitrogen and oxygen atoms in total. The average molecular weight is 114 g/mol. The largest absolute Gasteiger partial charge is 0.291 e. The van der Waals surface area contributed by atoms with Crippen molar-refractivity contribution in [2.24, 2.45) is 0 Å². The summed E-state index contributed by atoms with van der Waals surface area (Å²) in [6, 6.07) is 0. The van der Waals surface area contributed by atoms with E-state index in [1.165, 1.54) is 0 Å². The van der Waals surface area contributed by atoms with Gasteiger partial charge in [-0.25, -0.2) is 17.6 Å². The Labute approximate surface area is 37.4 Å². The van der Waals surface area contributed by atoms with Crippen LogP contribution in [0.2, 0.25) is 0 Å². The first-order valence-electron chi connectivity index (χ1n) is 1.42. The molecule has 0 aromatic carbocycles. The molecule has 0 unspecified atom stereocenters. The molecule has 0 saturated heterocycles. The summed E-state index contributed by atoms with van der Waals surface area (Å²) >= 11 is 0. The molecular weight excluding hydrogens is 112 g/mol. The topological polar surface area (TPSA) is 0 Å². The van der Waals surface area contributed by atoms with E-state index in [9.17, 15) is 17.6 Å². The summed E-state index contributed by atoms with van der Waals surface area (Å²) in [5, 5.41) is 0. The lowest BCUT2D eigenvalue weighted by molar-refractivity contribution is 0.156. The molecule has 0 aromatic rings. The Balaban J connectivity index is 3.56. The molecule has 0 heterocycles. The van der Waals surface area contributed by atoms with E-state index >= 15 is 0 Å². The summed E-state index contributed by atoms with van der Waals surface area (Å²) < 4.78 is 43.1. The summed E-state index contributed by atoms with van der Waals surface area (Å²) in [7, 11) is 0. The zero-order chi connectivity index (χ0) is 5.86. The molecule has 0 aliphatic rings. The van der Waals surface area contributed by atoms with Crippen molar-refractivity contribution >= 4 is 0 Å². The van der Waals surface area contributed by atoms with Crippen LogP contribution >= 0.6 is 0 Å². The number of rotatable bonds is 1. The minimum Gasteiger partial charge on any atom is -0.212 e. The first kappa shape index (κ1) is 6.46. The molecule has 0 rings (SSSR count). The van der Waals surface area contributed by atoms with E-state index in [0.717, 1.165) is 0 Å². The molecule has 0 aromatic heterocycles. The number of alkyl halides is 2.